The fraction of sp³-hybridized carbons (Fsp3) is 0.300. The molecule has 0 spiro atoms. The van der Waals surface area contributed by atoms with Gasteiger partial charge in [-0.05, 0) is 24.4 Å². The number of isothiocyanates is 1. The number of rotatable bonds is 2. The molecule has 14 heavy (non-hydrogen) atoms. The van der Waals surface area contributed by atoms with Crippen LogP contribution < -0.4 is 0 Å². The topological polar surface area (TPSA) is 30.8 Å². The number of hydrogen-bond acceptors (Lipinski definition) is 4. The minimum atomic E-state index is -0.254. The van der Waals surface area contributed by atoms with E-state index in [0.29, 0.717) is 13.2 Å². The Morgan fingerprint density at radius 3 is 2.86 bits per heavy atom. The molecule has 1 aromatic carbocycles. The molecule has 0 N–H and O–H groups in total. The van der Waals surface area contributed by atoms with Crippen molar-refractivity contribution in [1.29, 1.82) is 0 Å². The monoisotopic (exact) mass is 207 g/mol. The van der Waals surface area contributed by atoms with E-state index in [0.717, 1.165) is 11.3 Å². The van der Waals surface area contributed by atoms with Gasteiger partial charge < -0.3 is 9.47 Å². The van der Waals surface area contributed by atoms with Gasteiger partial charge in [0.15, 0.2) is 6.29 Å². The van der Waals surface area contributed by atoms with E-state index in [1.807, 2.05) is 24.3 Å². The van der Waals surface area contributed by atoms with Crippen molar-refractivity contribution in [1.82, 2.24) is 0 Å². The van der Waals surface area contributed by atoms with Crippen LogP contribution in [0.4, 0.5) is 5.69 Å². The molecule has 3 nitrogen and oxygen atoms in total. The van der Waals surface area contributed by atoms with Gasteiger partial charge in [-0.1, -0.05) is 12.1 Å². The highest BCUT2D eigenvalue weighted by molar-refractivity contribution is 7.78. The number of benzene rings is 1. The lowest BCUT2D eigenvalue weighted by molar-refractivity contribution is -0.0440. The smallest absolute Gasteiger partial charge is 0.184 e. The third-order valence-electron chi connectivity index (χ3n) is 1.94. The summed E-state index contributed by atoms with van der Waals surface area (Å²) in [4.78, 5) is 3.89. The van der Waals surface area contributed by atoms with Crippen molar-refractivity contribution < 1.29 is 9.47 Å². The second-order valence-corrected chi connectivity index (χ2v) is 3.05. The Bertz CT molecular complexity index is 368. The summed E-state index contributed by atoms with van der Waals surface area (Å²) in [6.45, 7) is 1.29. The summed E-state index contributed by atoms with van der Waals surface area (Å²) in [5, 5.41) is 2.33. The van der Waals surface area contributed by atoms with Gasteiger partial charge in [-0.2, -0.15) is 4.99 Å². The molecule has 0 bridgehead atoms. The van der Waals surface area contributed by atoms with E-state index in [-0.39, 0.29) is 6.29 Å². The van der Waals surface area contributed by atoms with E-state index < -0.39 is 0 Å². The lowest BCUT2D eigenvalue weighted by atomic mass is 10.2. The van der Waals surface area contributed by atoms with Gasteiger partial charge in [0, 0.05) is 5.56 Å². The van der Waals surface area contributed by atoms with E-state index in [4.69, 9.17) is 9.47 Å². The molecule has 0 saturated carbocycles. The van der Waals surface area contributed by atoms with Crippen molar-refractivity contribution in [3.8, 4) is 0 Å². The minimum Gasteiger partial charge on any atom is -0.346 e. The van der Waals surface area contributed by atoms with E-state index in [9.17, 15) is 0 Å². The molecule has 4 heteroatoms. The van der Waals surface area contributed by atoms with Gasteiger partial charge in [0.05, 0.1) is 24.1 Å². The standard InChI is InChI=1S/C10H9NO2S/c14-7-11-9-3-1-2-8(6-9)10-12-4-5-13-10/h1-3,6,10H,4-5H2. The number of nitrogens with zero attached hydrogens (tertiary/aromatic N) is 1. The Balaban J connectivity index is 2.24. The molecule has 1 aromatic rings. The van der Waals surface area contributed by atoms with Crippen molar-refractivity contribution >= 4 is 23.1 Å². The third kappa shape index (κ3) is 2.05. The Morgan fingerprint density at radius 2 is 2.14 bits per heavy atom. The first-order chi connectivity index (χ1) is 6.90. The third-order valence-corrected chi connectivity index (χ3v) is 2.03. The average Bonchev–Trinajstić information content (AvgIpc) is 2.71. The first-order valence-electron chi connectivity index (χ1n) is 4.31. The maximum atomic E-state index is 5.36. The molecule has 0 radical (unpaired) electrons. The highest BCUT2D eigenvalue weighted by Crippen LogP contribution is 2.25. The molecule has 1 aliphatic heterocycles. The van der Waals surface area contributed by atoms with Crippen molar-refractivity contribution in [2.75, 3.05) is 13.2 Å². The van der Waals surface area contributed by atoms with Crippen molar-refractivity contribution in [2.24, 2.45) is 4.99 Å². The predicted molar refractivity (Wildman–Crippen MR) is 55.8 cm³/mol. The van der Waals surface area contributed by atoms with Crippen molar-refractivity contribution in [3.63, 3.8) is 0 Å². The fourth-order valence-electron chi connectivity index (χ4n) is 1.34. The van der Waals surface area contributed by atoms with E-state index in [1.54, 1.807) is 0 Å². The normalized spacial score (nSPS) is 16.6. The van der Waals surface area contributed by atoms with Crippen LogP contribution in [-0.4, -0.2) is 18.4 Å². The van der Waals surface area contributed by atoms with Gasteiger partial charge in [-0.15, -0.1) is 0 Å². The molecule has 1 fully saturated rings. The van der Waals surface area contributed by atoms with Gasteiger partial charge >= 0.3 is 0 Å². The Labute approximate surface area is 87.4 Å². The Hall–Kier alpha value is -1.06. The van der Waals surface area contributed by atoms with Crippen LogP contribution in [-0.2, 0) is 9.47 Å². The summed E-state index contributed by atoms with van der Waals surface area (Å²) in [5.41, 5.74) is 1.74. The molecule has 0 amide bonds. The van der Waals surface area contributed by atoms with Crippen LogP contribution in [0.15, 0.2) is 29.3 Å². The maximum absolute atomic E-state index is 5.36. The molecule has 0 unspecified atom stereocenters. The number of hydrogen-bond donors (Lipinski definition) is 0. The van der Waals surface area contributed by atoms with Crippen LogP contribution in [0.3, 0.4) is 0 Å². The van der Waals surface area contributed by atoms with Crippen molar-refractivity contribution in [3.05, 3.63) is 29.8 Å². The first-order valence-corrected chi connectivity index (χ1v) is 4.72. The summed E-state index contributed by atoms with van der Waals surface area (Å²) in [7, 11) is 0. The quantitative estimate of drug-likeness (QED) is 0.551. The molecule has 1 aliphatic rings. The summed E-state index contributed by atoms with van der Waals surface area (Å²) in [6, 6.07) is 7.58. The van der Waals surface area contributed by atoms with Gasteiger partial charge in [-0.25, -0.2) is 0 Å². The van der Waals surface area contributed by atoms with E-state index >= 15 is 0 Å². The SMILES string of the molecule is S=C=Nc1cccc(C2OCCO2)c1. The number of ether oxygens (including phenoxy) is 2. The molecule has 0 atom stereocenters. The Kier molecular flexibility index (Phi) is 3.01. The van der Waals surface area contributed by atoms with E-state index in [1.165, 1.54) is 0 Å². The largest absolute Gasteiger partial charge is 0.346 e. The van der Waals surface area contributed by atoms with E-state index in [2.05, 4.69) is 22.4 Å². The summed E-state index contributed by atoms with van der Waals surface area (Å²) < 4.78 is 10.7. The molecule has 1 heterocycles. The first kappa shape index (κ1) is 9.49. The highest BCUT2D eigenvalue weighted by atomic mass is 32.1. The van der Waals surface area contributed by atoms with Crippen LogP contribution in [0.1, 0.15) is 11.9 Å². The second kappa shape index (κ2) is 4.44. The zero-order valence-electron chi connectivity index (χ0n) is 7.47. The van der Waals surface area contributed by atoms with Gasteiger partial charge in [0.25, 0.3) is 0 Å². The highest BCUT2D eigenvalue weighted by Gasteiger charge is 2.17. The number of aliphatic imine (C=N–C) groups is 1. The van der Waals surface area contributed by atoms with Crippen LogP contribution in [0.5, 0.6) is 0 Å². The molecule has 2 rings (SSSR count). The fourth-order valence-corrected chi connectivity index (χ4v) is 1.45. The van der Waals surface area contributed by atoms with Gasteiger partial charge in [0.1, 0.15) is 0 Å². The summed E-state index contributed by atoms with van der Waals surface area (Å²) >= 11 is 4.53. The van der Waals surface area contributed by atoms with Crippen LogP contribution in [0, 0.1) is 0 Å². The molecular formula is C10H9NO2S. The molecule has 0 aromatic heterocycles. The summed E-state index contributed by atoms with van der Waals surface area (Å²) in [5.74, 6) is 0. The van der Waals surface area contributed by atoms with Gasteiger partial charge in [0.2, 0.25) is 0 Å². The van der Waals surface area contributed by atoms with Crippen LogP contribution in [0.25, 0.3) is 0 Å². The maximum Gasteiger partial charge on any atom is 0.184 e. The molecule has 0 aliphatic carbocycles. The lowest BCUT2D eigenvalue weighted by Gasteiger charge is -2.08. The van der Waals surface area contributed by atoms with Crippen LogP contribution in [0.2, 0.25) is 0 Å². The molecular weight excluding hydrogens is 198 g/mol. The lowest BCUT2D eigenvalue weighted by Crippen LogP contribution is -1.96. The Morgan fingerprint density at radius 1 is 1.36 bits per heavy atom. The zero-order valence-corrected chi connectivity index (χ0v) is 8.29. The molecule has 72 valence electrons. The predicted octanol–water partition coefficient (Wildman–Crippen LogP) is 2.47. The average molecular weight is 207 g/mol. The minimum absolute atomic E-state index is 0.254. The van der Waals surface area contributed by atoms with Crippen LogP contribution >= 0.6 is 12.2 Å². The zero-order chi connectivity index (χ0) is 9.80. The molecule has 1 saturated heterocycles. The summed E-state index contributed by atoms with van der Waals surface area (Å²) in [6.07, 6.45) is -0.254. The number of thiocarbonyl (C=S) groups is 1. The van der Waals surface area contributed by atoms with Crippen molar-refractivity contribution in [2.45, 2.75) is 6.29 Å². The van der Waals surface area contributed by atoms with Gasteiger partial charge in [-0.3, -0.25) is 0 Å². The second-order valence-electron chi connectivity index (χ2n) is 2.87.